The molecule has 0 spiro atoms. The maximum absolute atomic E-state index is 5.82. The third-order valence-electron chi connectivity index (χ3n) is 4.26. The molecule has 4 rings (SSSR count). The number of furan rings is 2. The monoisotopic (exact) mass is 416 g/mol. The molecule has 0 amide bonds. The number of benzene rings is 1. The Morgan fingerprint density at radius 2 is 1.48 bits per heavy atom. The number of hydrogen-bond donors (Lipinski definition) is 0. The predicted octanol–water partition coefficient (Wildman–Crippen LogP) is 3.05. The maximum atomic E-state index is 5.82. The van der Waals surface area contributed by atoms with E-state index in [-0.39, 0.29) is 0 Å². The Balaban J connectivity index is 2.06. The van der Waals surface area contributed by atoms with Gasteiger partial charge in [-0.05, 0) is 0 Å². The second-order valence-corrected chi connectivity index (χ2v) is 11.7. The zero-order valence-corrected chi connectivity index (χ0v) is 16.5. The van der Waals surface area contributed by atoms with E-state index in [2.05, 4.69) is 38.7 Å². The van der Waals surface area contributed by atoms with Crippen molar-refractivity contribution in [3.05, 3.63) is 78.5 Å². The fraction of sp³-hybridized carbons (Fsp3) is 0.105. The fourth-order valence-corrected chi connectivity index (χ4v) is 7.43. The molecule has 1 aromatic carbocycles. The third-order valence-corrected chi connectivity index (χ3v) is 10.2. The van der Waals surface area contributed by atoms with Crippen molar-refractivity contribution in [1.29, 1.82) is 0 Å². The molecule has 0 fully saturated rings. The average molecular weight is 415 g/mol. The average Bonchev–Trinajstić information content (AvgIpc) is 3.38. The van der Waals surface area contributed by atoms with Crippen LogP contribution < -0.4 is 16.6 Å². The summed E-state index contributed by atoms with van der Waals surface area (Å²) in [6, 6.07) is 18.0. The second kappa shape index (κ2) is 6.34. The molecule has 0 N–H and O–H groups in total. The standard InChI is InChI=1S/C19H17N2O2PSe/c1-14-15(2)21(16-8-4-3-5-9-16)19(20-14)24(25,17-10-6-12-22-17)18-11-7-13-23-18/h3-13H,1-2H3. The van der Waals surface area contributed by atoms with Crippen molar-refractivity contribution in [1.82, 2.24) is 9.55 Å². The molecule has 4 nitrogen and oxygen atoms in total. The van der Waals surface area contributed by atoms with Gasteiger partial charge in [0.2, 0.25) is 0 Å². The SMILES string of the molecule is Cc1nc(P(=[Se])(c2ccco2)c2ccco2)n(-c2ccccc2)c1C. The molecule has 0 atom stereocenters. The van der Waals surface area contributed by atoms with E-state index in [0.717, 1.165) is 33.6 Å². The first-order valence-electron chi connectivity index (χ1n) is 7.92. The first-order chi connectivity index (χ1) is 12.1. The predicted molar refractivity (Wildman–Crippen MR) is 102 cm³/mol. The summed E-state index contributed by atoms with van der Waals surface area (Å²) < 4.78 is 13.8. The molecule has 0 aliphatic heterocycles. The van der Waals surface area contributed by atoms with Crippen LogP contribution >= 0.6 is 5.51 Å². The number of aryl methyl sites for hydroxylation is 1. The van der Waals surface area contributed by atoms with Gasteiger partial charge in [-0.25, -0.2) is 0 Å². The Kier molecular flexibility index (Phi) is 4.16. The molecule has 126 valence electrons. The van der Waals surface area contributed by atoms with Gasteiger partial charge in [-0.2, -0.15) is 0 Å². The summed E-state index contributed by atoms with van der Waals surface area (Å²) in [5, 5.41) is 0. The summed E-state index contributed by atoms with van der Waals surface area (Å²) >= 11 is 3.40. The molecule has 0 radical (unpaired) electrons. The number of rotatable bonds is 4. The van der Waals surface area contributed by atoms with Crippen LogP contribution in [0, 0.1) is 13.8 Å². The van der Waals surface area contributed by atoms with E-state index in [1.165, 1.54) is 0 Å². The number of hydrogen-bond acceptors (Lipinski definition) is 3. The van der Waals surface area contributed by atoms with Crippen LogP contribution in [0.3, 0.4) is 0 Å². The van der Waals surface area contributed by atoms with Crippen LogP contribution in [0.2, 0.25) is 0 Å². The van der Waals surface area contributed by atoms with E-state index < -0.39 is 5.51 Å². The van der Waals surface area contributed by atoms with Gasteiger partial charge in [0.05, 0.1) is 0 Å². The van der Waals surface area contributed by atoms with Gasteiger partial charge in [0.1, 0.15) is 0 Å². The molecule has 0 aliphatic rings. The Morgan fingerprint density at radius 3 is 2.00 bits per heavy atom. The van der Waals surface area contributed by atoms with E-state index in [4.69, 9.17) is 13.8 Å². The van der Waals surface area contributed by atoms with Crippen LogP contribution in [-0.2, 0) is 0 Å². The van der Waals surface area contributed by atoms with Gasteiger partial charge < -0.3 is 0 Å². The first-order valence-corrected chi connectivity index (χ1v) is 11.9. The summed E-state index contributed by atoms with van der Waals surface area (Å²) in [4.78, 5) is 4.93. The molecular weight excluding hydrogens is 398 g/mol. The van der Waals surface area contributed by atoms with Gasteiger partial charge in [-0.15, -0.1) is 0 Å². The Hall–Kier alpha value is -2.06. The summed E-state index contributed by atoms with van der Waals surface area (Å²) in [5.41, 5.74) is 3.57. The van der Waals surface area contributed by atoms with Crippen molar-refractivity contribution in [2.24, 2.45) is 0 Å². The van der Waals surface area contributed by atoms with Crippen molar-refractivity contribution in [3.8, 4) is 5.69 Å². The number of para-hydroxylation sites is 1. The quantitative estimate of drug-likeness (QED) is 0.380. The van der Waals surface area contributed by atoms with Crippen LogP contribution in [0.5, 0.6) is 0 Å². The summed E-state index contributed by atoms with van der Waals surface area (Å²) in [7, 11) is 0. The molecule has 25 heavy (non-hydrogen) atoms. The zero-order valence-electron chi connectivity index (χ0n) is 13.9. The van der Waals surface area contributed by atoms with E-state index in [9.17, 15) is 0 Å². The Bertz CT molecular complexity index is 997. The molecule has 0 bridgehead atoms. The Morgan fingerprint density at radius 1 is 0.880 bits per heavy atom. The van der Waals surface area contributed by atoms with Crippen LogP contribution in [0.4, 0.5) is 0 Å². The zero-order chi connectivity index (χ0) is 17.4. The number of aromatic nitrogens is 2. The van der Waals surface area contributed by atoms with E-state index >= 15 is 0 Å². The van der Waals surface area contributed by atoms with Crippen LogP contribution in [-0.4, -0.2) is 24.6 Å². The summed E-state index contributed by atoms with van der Waals surface area (Å²) in [6.45, 7) is 4.13. The minimum atomic E-state index is -2.25. The third kappa shape index (κ3) is 2.60. The molecule has 0 saturated heterocycles. The van der Waals surface area contributed by atoms with Crippen LogP contribution in [0.15, 0.2) is 76.0 Å². The van der Waals surface area contributed by atoms with Crippen molar-refractivity contribution >= 4 is 37.2 Å². The normalized spacial score (nSPS) is 11.8. The summed E-state index contributed by atoms with van der Waals surface area (Å²) in [6.07, 6.45) is 3.39. The first kappa shape index (κ1) is 16.4. The molecule has 3 aromatic heterocycles. The van der Waals surface area contributed by atoms with Gasteiger partial charge in [-0.1, -0.05) is 0 Å². The molecule has 0 unspecified atom stereocenters. The fourth-order valence-electron chi connectivity index (χ4n) is 2.89. The molecule has 3 heterocycles. The van der Waals surface area contributed by atoms with E-state index in [1.807, 2.05) is 49.4 Å². The number of nitrogens with zero attached hydrogens (tertiary/aromatic N) is 2. The van der Waals surface area contributed by atoms with E-state index in [0.29, 0.717) is 0 Å². The molecule has 4 aromatic rings. The van der Waals surface area contributed by atoms with Gasteiger partial charge in [0, 0.05) is 0 Å². The van der Waals surface area contributed by atoms with Gasteiger partial charge in [-0.3, -0.25) is 0 Å². The van der Waals surface area contributed by atoms with Crippen LogP contribution in [0.1, 0.15) is 11.4 Å². The van der Waals surface area contributed by atoms with Crippen molar-refractivity contribution < 1.29 is 8.83 Å². The van der Waals surface area contributed by atoms with Crippen molar-refractivity contribution in [2.75, 3.05) is 0 Å². The molecule has 6 heteroatoms. The van der Waals surface area contributed by atoms with Gasteiger partial charge >= 0.3 is 154 Å². The van der Waals surface area contributed by atoms with Crippen molar-refractivity contribution in [2.45, 2.75) is 13.8 Å². The molecule has 0 aliphatic carbocycles. The van der Waals surface area contributed by atoms with Gasteiger partial charge in [0.15, 0.2) is 0 Å². The van der Waals surface area contributed by atoms with Crippen LogP contribution in [0.25, 0.3) is 5.69 Å². The van der Waals surface area contributed by atoms with Crippen molar-refractivity contribution in [3.63, 3.8) is 0 Å². The molecular formula is C19H17N2O2PSe. The second-order valence-electron chi connectivity index (χ2n) is 5.77. The molecule has 0 saturated carbocycles. The minimum absolute atomic E-state index is 0.852. The number of imidazole rings is 1. The summed E-state index contributed by atoms with van der Waals surface area (Å²) in [5.74, 6) is 0. The van der Waals surface area contributed by atoms with E-state index in [1.54, 1.807) is 12.5 Å². The Labute approximate surface area is 153 Å². The van der Waals surface area contributed by atoms with Gasteiger partial charge in [0.25, 0.3) is 0 Å². The topological polar surface area (TPSA) is 44.1 Å².